The fourth-order valence-electron chi connectivity index (χ4n) is 1.49. The molecule has 1 aromatic rings. The van der Waals surface area contributed by atoms with Gasteiger partial charge in [-0.25, -0.2) is 0 Å². The molecule has 0 spiro atoms. The van der Waals surface area contributed by atoms with Gasteiger partial charge in [-0.15, -0.1) is 11.6 Å². The highest BCUT2D eigenvalue weighted by molar-refractivity contribution is 6.18. The molecule has 3 nitrogen and oxygen atoms in total. The normalized spacial score (nSPS) is 13.8. The summed E-state index contributed by atoms with van der Waals surface area (Å²) in [6.07, 6.45) is 0. The first kappa shape index (κ1) is 14.8. The molecule has 0 saturated carbocycles. The largest absolute Gasteiger partial charge is 0.378 e. The molecule has 1 amide bonds. The molecule has 0 aliphatic carbocycles. The van der Waals surface area contributed by atoms with Crippen LogP contribution in [0.1, 0.15) is 24.2 Å². The van der Waals surface area contributed by atoms with Gasteiger partial charge in [0.05, 0.1) is 0 Å². The van der Waals surface area contributed by atoms with Gasteiger partial charge < -0.3 is 10.2 Å². The number of nitrogens with one attached hydrogen (secondary N) is 1. The second-order valence-corrected chi connectivity index (χ2v) is 5.15. The predicted molar refractivity (Wildman–Crippen MR) is 77.6 cm³/mol. The first-order chi connectivity index (χ1) is 8.45. The summed E-state index contributed by atoms with van der Waals surface area (Å²) < 4.78 is 0. The van der Waals surface area contributed by atoms with Crippen LogP contribution in [0.25, 0.3) is 0 Å². The molecule has 100 valence electrons. The lowest BCUT2D eigenvalue weighted by Crippen LogP contribution is -2.37. The molecule has 0 heterocycles. The third kappa shape index (κ3) is 3.91. The van der Waals surface area contributed by atoms with Crippen molar-refractivity contribution in [1.82, 2.24) is 5.32 Å². The number of nitrogens with zero attached hydrogens (tertiary/aromatic N) is 1. The molecule has 1 aromatic carbocycles. The van der Waals surface area contributed by atoms with E-state index >= 15 is 0 Å². The highest BCUT2D eigenvalue weighted by Crippen LogP contribution is 2.14. The lowest BCUT2D eigenvalue weighted by molar-refractivity contribution is 0.0931. The zero-order chi connectivity index (χ0) is 13.7. The van der Waals surface area contributed by atoms with Gasteiger partial charge in [0, 0.05) is 37.3 Å². The Balaban J connectivity index is 2.75. The Labute approximate surface area is 114 Å². The van der Waals surface area contributed by atoms with Crippen molar-refractivity contribution in [3.63, 3.8) is 0 Å². The minimum absolute atomic E-state index is 0.0526. The van der Waals surface area contributed by atoms with Crippen LogP contribution in [-0.4, -0.2) is 31.9 Å². The average Bonchev–Trinajstić information content (AvgIpc) is 2.37. The van der Waals surface area contributed by atoms with Crippen LogP contribution in [-0.2, 0) is 0 Å². The van der Waals surface area contributed by atoms with Gasteiger partial charge >= 0.3 is 0 Å². The second kappa shape index (κ2) is 6.64. The van der Waals surface area contributed by atoms with Gasteiger partial charge in [-0.1, -0.05) is 13.0 Å². The maximum absolute atomic E-state index is 12.1. The standard InChI is InChI=1S/C14H21ClN2O/c1-10(9-15)11(2)16-14(18)12-6-5-7-13(8-12)17(3)4/h5-8,10-11H,9H2,1-4H3,(H,16,18). The number of alkyl halides is 1. The van der Waals surface area contributed by atoms with E-state index < -0.39 is 0 Å². The Morgan fingerprint density at radius 1 is 1.39 bits per heavy atom. The van der Waals surface area contributed by atoms with Gasteiger partial charge in [0.2, 0.25) is 0 Å². The molecule has 0 aliphatic heterocycles. The summed E-state index contributed by atoms with van der Waals surface area (Å²) in [4.78, 5) is 14.1. The van der Waals surface area contributed by atoms with Crippen LogP contribution < -0.4 is 10.2 Å². The van der Waals surface area contributed by atoms with Crippen LogP contribution in [0.5, 0.6) is 0 Å². The van der Waals surface area contributed by atoms with Gasteiger partial charge in [-0.3, -0.25) is 4.79 Å². The zero-order valence-corrected chi connectivity index (χ0v) is 12.2. The number of amides is 1. The number of hydrogen-bond donors (Lipinski definition) is 1. The highest BCUT2D eigenvalue weighted by Gasteiger charge is 2.15. The minimum Gasteiger partial charge on any atom is -0.378 e. The van der Waals surface area contributed by atoms with Gasteiger partial charge in [0.1, 0.15) is 0 Å². The molecule has 4 heteroatoms. The van der Waals surface area contributed by atoms with E-state index in [0.29, 0.717) is 11.4 Å². The maximum Gasteiger partial charge on any atom is 0.251 e. The van der Waals surface area contributed by atoms with E-state index in [2.05, 4.69) is 5.32 Å². The maximum atomic E-state index is 12.1. The van der Waals surface area contributed by atoms with E-state index in [4.69, 9.17) is 11.6 Å². The van der Waals surface area contributed by atoms with Crippen LogP contribution in [0.3, 0.4) is 0 Å². The molecule has 2 atom stereocenters. The lowest BCUT2D eigenvalue weighted by Gasteiger charge is -2.19. The molecule has 0 fully saturated rings. The van der Waals surface area contributed by atoms with Crippen molar-refractivity contribution in [3.8, 4) is 0 Å². The molecule has 0 radical (unpaired) electrons. The molecule has 2 unspecified atom stereocenters. The monoisotopic (exact) mass is 268 g/mol. The Bertz CT molecular complexity index is 407. The molecule has 0 saturated heterocycles. The Morgan fingerprint density at radius 2 is 2.06 bits per heavy atom. The SMILES string of the molecule is CC(CCl)C(C)NC(=O)c1cccc(N(C)C)c1. The summed E-state index contributed by atoms with van der Waals surface area (Å²) in [6.45, 7) is 3.99. The van der Waals surface area contributed by atoms with E-state index in [1.807, 2.05) is 57.1 Å². The Hall–Kier alpha value is -1.22. The number of carbonyl (C=O) groups is 1. The van der Waals surface area contributed by atoms with E-state index in [0.717, 1.165) is 5.69 Å². The summed E-state index contributed by atoms with van der Waals surface area (Å²) >= 11 is 5.79. The fourth-order valence-corrected chi connectivity index (χ4v) is 1.76. The van der Waals surface area contributed by atoms with Gasteiger partial charge in [-0.2, -0.15) is 0 Å². The topological polar surface area (TPSA) is 32.3 Å². The van der Waals surface area contributed by atoms with Gasteiger partial charge in [0.15, 0.2) is 0 Å². The Morgan fingerprint density at radius 3 is 2.61 bits per heavy atom. The summed E-state index contributed by atoms with van der Waals surface area (Å²) in [5.74, 6) is 0.745. The quantitative estimate of drug-likeness (QED) is 0.833. The van der Waals surface area contributed by atoms with Crippen LogP contribution >= 0.6 is 11.6 Å². The molecular weight excluding hydrogens is 248 g/mol. The molecule has 0 aliphatic rings. The van der Waals surface area contributed by atoms with E-state index in [1.165, 1.54) is 0 Å². The van der Waals surface area contributed by atoms with Crippen LogP contribution in [0.15, 0.2) is 24.3 Å². The Kier molecular flexibility index (Phi) is 5.48. The molecular formula is C14H21ClN2O. The van der Waals surface area contributed by atoms with Crippen molar-refractivity contribution in [2.24, 2.45) is 5.92 Å². The third-order valence-electron chi connectivity index (χ3n) is 3.08. The summed E-state index contributed by atoms with van der Waals surface area (Å²) in [6, 6.07) is 7.63. The number of hydrogen-bond acceptors (Lipinski definition) is 2. The number of benzene rings is 1. The third-order valence-corrected chi connectivity index (χ3v) is 3.57. The molecule has 1 rings (SSSR count). The number of carbonyl (C=O) groups excluding carboxylic acids is 1. The summed E-state index contributed by atoms with van der Waals surface area (Å²) in [7, 11) is 3.91. The van der Waals surface area contributed by atoms with Gasteiger partial charge in [-0.05, 0) is 31.0 Å². The average molecular weight is 269 g/mol. The first-order valence-electron chi connectivity index (χ1n) is 6.10. The molecule has 0 aromatic heterocycles. The molecule has 18 heavy (non-hydrogen) atoms. The van der Waals surface area contributed by atoms with Crippen molar-refractivity contribution in [1.29, 1.82) is 0 Å². The smallest absolute Gasteiger partial charge is 0.251 e. The highest BCUT2D eigenvalue weighted by atomic mass is 35.5. The number of rotatable bonds is 5. The van der Waals surface area contributed by atoms with Crippen molar-refractivity contribution in [2.45, 2.75) is 19.9 Å². The molecule has 0 bridgehead atoms. The van der Waals surface area contributed by atoms with Crippen molar-refractivity contribution < 1.29 is 4.79 Å². The van der Waals surface area contributed by atoms with E-state index in [-0.39, 0.29) is 17.9 Å². The van der Waals surface area contributed by atoms with Crippen molar-refractivity contribution in [3.05, 3.63) is 29.8 Å². The van der Waals surface area contributed by atoms with Gasteiger partial charge in [0.25, 0.3) is 5.91 Å². The second-order valence-electron chi connectivity index (χ2n) is 4.84. The summed E-state index contributed by atoms with van der Waals surface area (Å²) in [5, 5.41) is 2.97. The lowest BCUT2D eigenvalue weighted by atomic mass is 10.1. The van der Waals surface area contributed by atoms with E-state index in [1.54, 1.807) is 0 Å². The van der Waals surface area contributed by atoms with Crippen LogP contribution in [0, 0.1) is 5.92 Å². The first-order valence-corrected chi connectivity index (χ1v) is 6.63. The number of halogens is 1. The van der Waals surface area contributed by atoms with E-state index in [9.17, 15) is 4.79 Å². The van der Waals surface area contributed by atoms with Crippen LogP contribution in [0.4, 0.5) is 5.69 Å². The minimum atomic E-state index is -0.0526. The zero-order valence-electron chi connectivity index (χ0n) is 11.4. The summed E-state index contributed by atoms with van der Waals surface area (Å²) in [5.41, 5.74) is 1.69. The number of anilines is 1. The fraction of sp³-hybridized carbons (Fsp3) is 0.500. The molecule has 1 N–H and O–H groups in total. The van der Waals surface area contributed by atoms with Crippen molar-refractivity contribution in [2.75, 3.05) is 24.9 Å². The predicted octanol–water partition coefficient (Wildman–Crippen LogP) is 2.75. The van der Waals surface area contributed by atoms with Crippen molar-refractivity contribution >= 4 is 23.2 Å². The van der Waals surface area contributed by atoms with Crippen LogP contribution in [0.2, 0.25) is 0 Å².